The summed E-state index contributed by atoms with van der Waals surface area (Å²) < 4.78 is 33.2. The molecule has 0 saturated heterocycles. The fourth-order valence-corrected chi connectivity index (χ4v) is 2.44. The number of rotatable bonds is 15. The molecule has 6 heteroatoms. The molecule has 0 saturated carbocycles. The zero-order valence-corrected chi connectivity index (χ0v) is 16.9. The monoisotopic (exact) mass is 402 g/mol. The normalized spacial score (nSPS) is 11.1. The van der Waals surface area contributed by atoms with Crippen molar-refractivity contribution in [1.29, 1.82) is 0 Å². The molecular weight excluding hydrogens is 372 g/mol. The number of benzene rings is 2. The van der Waals surface area contributed by atoms with Gasteiger partial charge >= 0.3 is 0 Å². The maximum Gasteiger partial charge on any atom is 0.119 e. The van der Waals surface area contributed by atoms with Gasteiger partial charge < -0.3 is 24.3 Å². The quantitative estimate of drug-likeness (QED) is 0.356. The van der Waals surface area contributed by atoms with Crippen LogP contribution in [0.5, 0.6) is 5.75 Å². The lowest BCUT2D eigenvalue weighted by Crippen LogP contribution is -2.13. The van der Waals surface area contributed by atoms with E-state index in [2.05, 4.69) is 29.6 Å². The second kappa shape index (κ2) is 14.6. The van der Waals surface area contributed by atoms with E-state index in [1.807, 2.05) is 43.4 Å². The molecule has 0 radical (unpaired) electrons. The Labute approximate surface area is 172 Å². The number of alkyl halides is 1. The molecule has 0 aliphatic carbocycles. The summed E-state index contributed by atoms with van der Waals surface area (Å²) in [4.78, 5) is 0. The minimum atomic E-state index is -0.464. The SMILES string of the molecule is CNc1ccc(/C=C/c2ccc(OCCOCCOCCOCC[18F])cc2)cc1. The van der Waals surface area contributed by atoms with E-state index in [1.165, 1.54) is 0 Å². The minimum Gasteiger partial charge on any atom is -0.491 e. The molecule has 0 heterocycles. The first-order valence-corrected chi connectivity index (χ1v) is 9.80. The summed E-state index contributed by atoms with van der Waals surface area (Å²) in [6.07, 6.45) is 4.16. The predicted molar refractivity (Wildman–Crippen MR) is 115 cm³/mol. The highest BCUT2D eigenvalue weighted by atomic mass is 18.2. The zero-order valence-electron chi connectivity index (χ0n) is 16.9. The Hall–Kier alpha value is -2.41. The molecule has 2 rings (SSSR count). The zero-order chi connectivity index (χ0) is 20.6. The van der Waals surface area contributed by atoms with Gasteiger partial charge in [0.25, 0.3) is 0 Å². The van der Waals surface area contributed by atoms with Gasteiger partial charge in [-0.15, -0.1) is 0 Å². The second-order valence-electron chi connectivity index (χ2n) is 6.15. The van der Waals surface area contributed by atoms with E-state index in [0.717, 1.165) is 22.6 Å². The van der Waals surface area contributed by atoms with E-state index in [1.54, 1.807) is 0 Å². The molecule has 0 spiro atoms. The van der Waals surface area contributed by atoms with E-state index in [9.17, 15) is 4.39 Å². The van der Waals surface area contributed by atoms with E-state index in [-0.39, 0.29) is 6.61 Å². The summed E-state index contributed by atoms with van der Waals surface area (Å²) in [5, 5.41) is 3.11. The van der Waals surface area contributed by atoms with Gasteiger partial charge in [-0.25, -0.2) is 4.39 Å². The molecule has 0 bridgehead atoms. The molecular formula is C23H30FNO4. The number of hydrogen-bond acceptors (Lipinski definition) is 5. The van der Waals surface area contributed by atoms with Crippen molar-refractivity contribution in [2.45, 2.75) is 0 Å². The number of anilines is 1. The summed E-state index contributed by atoms with van der Waals surface area (Å²) in [6, 6.07) is 16.2. The van der Waals surface area contributed by atoms with Crippen LogP contribution in [-0.4, -0.2) is 60.0 Å². The maximum absolute atomic E-state index is 11.8. The van der Waals surface area contributed by atoms with Crippen LogP contribution in [0.25, 0.3) is 12.2 Å². The number of nitrogens with one attached hydrogen (secondary N) is 1. The highest BCUT2D eigenvalue weighted by Gasteiger charge is 1.96. The second-order valence-corrected chi connectivity index (χ2v) is 6.15. The molecule has 0 amide bonds. The van der Waals surface area contributed by atoms with E-state index < -0.39 is 6.67 Å². The molecule has 0 aliphatic rings. The maximum atomic E-state index is 11.8. The summed E-state index contributed by atoms with van der Waals surface area (Å²) in [7, 11) is 1.91. The van der Waals surface area contributed by atoms with E-state index in [4.69, 9.17) is 18.9 Å². The highest BCUT2D eigenvalue weighted by molar-refractivity contribution is 5.70. The Bertz CT molecular complexity index is 689. The van der Waals surface area contributed by atoms with E-state index >= 15 is 0 Å². The van der Waals surface area contributed by atoms with Crippen molar-refractivity contribution < 1.29 is 23.3 Å². The third-order valence-electron chi connectivity index (χ3n) is 4.01. The summed E-state index contributed by atoms with van der Waals surface area (Å²) in [5.74, 6) is 0.811. The topological polar surface area (TPSA) is 49.0 Å². The molecule has 0 fully saturated rings. The van der Waals surface area contributed by atoms with Crippen molar-refractivity contribution in [2.24, 2.45) is 0 Å². The molecule has 1 N–H and O–H groups in total. The van der Waals surface area contributed by atoms with Crippen molar-refractivity contribution in [2.75, 3.05) is 65.3 Å². The molecule has 0 aromatic heterocycles. The smallest absolute Gasteiger partial charge is 0.119 e. The fraction of sp³-hybridized carbons (Fsp3) is 0.391. The van der Waals surface area contributed by atoms with Gasteiger partial charge in [0, 0.05) is 12.7 Å². The van der Waals surface area contributed by atoms with Crippen molar-refractivity contribution in [1.82, 2.24) is 0 Å². The highest BCUT2D eigenvalue weighted by Crippen LogP contribution is 2.15. The Kier molecular flexibility index (Phi) is 11.5. The van der Waals surface area contributed by atoms with Crippen LogP contribution in [0, 0.1) is 0 Å². The molecule has 2 aromatic carbocycles. The van der Waals surface area contributed by atoms with Crippen LogP contribution in [0.2, 0.25) is 0 Å². The van der Waals surface area contributed by atoms with Gasteiger partial charge in [-0.3, -0.25) is 0 Å². The fourth-order valence-electron chi connectivity index (χ4n) is 2.44. The first kappa shape index (κ1) is 22.9. The molecule has 0 atom stereocenters. The van der Waals surface area contributed by atoms with Gasteiger partial charge in [0.2, 0.25) is 0 Å². The average Bonchev–Trinajstić information content (AvgIpc) is 2.77. The lowest BCUT2D eigenvalue weighted by atomic mass is 10.1. The number of hydrogen-bond donors (Lipinski definition) is 1. The number of ether oxygens (including phenoxy) is 4. The Balaban J connectivity index is 1.56. The molecule has 5 nitrogen and oxygen atoms in total. The molecule has 0 aliphatic heterocycles. The van der Waals surface area contributed by atoms with Crippen molar-refractivity contribution in [3.05, 3.63) is 59.7 Å². The lowest BCUT2D eigenvalue weighted by Gasteiger charge is -2.08. The summed E-state index contributed by atoms with van der Waals surface area (Å²) >= 11 is 0. The van der Waals surface area contributed by atoms with Crippen LogP contribution in [0.1, 0.15) is 11.1 Å². The Morgan fingerprint density at radius 3 is 1.69 bits per heavy atom. The van der Waals surface area contributed by atoms with Crippen LogP contribution in [0.15, 0.2) is 48.5 Å². The standard InChI is InChI=1S/C23H30FNO4/c1-25-22-8-4-20(5-9-22)2-3-21-6-10-23(11-7-21)29-19-18-28-17-16-27-15-14-26-13-12-24/h2-11,25H,12-19H2,1H3/b3-2+/i24-1. The number of halogens is 1. The van der Waals surface area contributed by atoms with Crippen molar-refractivity contribution in [3.63, 3.8) is 0 Å². The van der Waals surface area contributed by atoms with Gasteiger partial charge in [-0.2, -0.15) is 0 Å². The van der Waals surface area contributed by atoms with Crippen LogP contribution >= 0.6 is 0 Å². The first-order chi connectivity index (χ1) is 14.3. The average molecular weight is 402 g/mol. The minimum absolute atomic E-state index is 0.124. The van der Waals surface area contributed by atoms with Crippen molar-refractivity contribution in [3.8, 4) is 5.75 Å². The van der Waals surface area contributed by atoms with Gasteiger partial charge in [0.1, 0.15) is 19.0 Å². The molecule has 2 aromatic rings. The third kappa shape index (κ3) is 10.1. The van der Waals surface area contributed by atoms with Gasteiger partial charge in [-0.1, -0.05) is 36.4 Å². The largest absolute Gasteiger partial charge is 0.491 e. The van der Waals surface area contributed by atoms with Gasteiger partial charge in [-0.05, 0) is 35.4 Å². The van der Waals surface area contributed by atoms with Crippen LogP contribution < -0.4 is 10.1 Å². The van der Waals surface area contributed by atoms with Crippen molar-refractivity contribution >= 4 is 17.8 Å². The predicted octanol–water partition coefficient (Wildman–Crippen LogP) is 4.30. The van der Waals surface area contributed by atoms with Crippen LogP contribution in [0.3, 0.4) is 0 Å². The van der Waals surface area contributed by atoms with Crippen LogP contribution in [-0.2, 0) is 14.2 Å². The molecule has 158 valence electrons. The molecule has 0 unspecified atom stereocenters. The lowest BCUT2D eigenvalue weighted by molar-refractivity contribution is 0.00750. The molecule has 29 heavy (non-hydrogen) atoms. The Morgan fingerprint density at radius 1 is 0.690 bits per heavy atom. The summed E-state index contributed by atoms with van der Waals surface area (Å²) in [5.41, 5.74) is 3.36. The van der Waals surface area contributed by atoms with Gasteiger partial charge in [0.05, 0.1) is 39.6 Å². The third-order valence-corrected chi connectivity index (χ3v) is 4.01. The Morgan fingerprint density at radius 2 is 1.17 bits per heavy atom. The van der Waals surface area contributed by atoms with Crippen LogP contribution in [0.4, 0.5) is 10.1 Å². The van der Waals surface area contributed by atoms with E-state index in [0.29, 0.717) is 39.6 Å². The van der Waals surface area contributed by atoms with Gasteiger partial charge in [0.15, 0.2) is 0 Å². The summed E-state index contributed by atoms with van der Waals surface area (Å²) in [6.45, 7) is 2.46. The first-order valence-electron chi connectivity index (χ1n) is 9.80.